The number of anilines is 2. The van der Waals surface area contributed by atoms with Gasteiger partial charge in [-0.25, -0.2) is 4.39 Å². The number of halogens is 1. The molecule has 2 rings (SSSR count). The highest BCUT2D eigenvalue weighted by molar-refractivity contribution is 5.56. The van der Waals surface area contributed by atoms with Gasteiger partial charge < -0.3 is 10.6 Å². The predicted octanol–water partition coefficient (Wildman–Crippen LogP) is 2.44. The van der Waals surface area contributed by atoms with Crippen molar-refractivity contribution in [2.45, 2.75) is 6.54 Å². The lowest BCUT2D eigenvalue weighted by atomic mass is 10.2. The molecule has 0 aliphatic carbocycles. The number of nitrogen functional groups attached to an aromatic ring is 1. The number of aromatic nitrogens is 1. The summed E-state index contributed by atoms with van der Waals surface area (Å²) >= 11 is 0. The lowest BCUT2D eigenvalue weighted by Gasteiger charge is -2.19. The van der Waals surface area contributed by atoms with Crippen LogP contribution in [-0.4, -0.2) is 12.0 Å². The summed E-state index contributed by atoms with van der Waals surface area (Å²) in [5.74, 6) is -0.318. The van der Waals surface area contributed by atoms with E-state index in [0.717, 1.165) is 11.3 Å². The third kappa shape index (κ3) is 2.93. The highest BCUT2D eigenvalue weighted by Crippen LogP contribution is 2.20. The van der Waals surface area contributed by atoms with Crippen LogP contribution in [0.1, 0.15) is 5.56 Å². The molecule has 1 aromatic carbocycles. The average molecular weight is 231 g/mol. The van der Waals surface area contributed by atoms with Gasteiger partial charge in [0.2, 0.25) is 0 Å². The van der Waals surface area contributed by atoms with E-state index in [0.29, 0.717) is 12.2 Å². The largest absolute Gasteiger partial charge is 0.399 e. The van der Waals surface area contributed by atoms with Crippen LogP contribution in [0.2, 0.25) is 0 Å². The Morgan fingerprint density at radius 1 is 1.24 bits per heavy atom. The Labute approximate surface area is 99.7 Å². The van der Waals surface area contributed by atoms with E-state index in [1.165, 1.54) is 12.1 Å². The summed E-state index contributed by atoms with van der Waals surface area (Å²) in [7, 11) is 1.90. The molecule has 0 amide bonds. The molecule has 1 heterocycles. The highest BCUT2D eigenvalue weighted by Gasteiger charge is 2.04. The zero-order chi connectivity index (χ0) is 12.3. The molecule has 4 heteroatoms. The number of pyridine rings is 1. The van der Waals surface area contributed by atoms with E-state index in [4.69, 9.17) is 5.73 Å². The summed E-state index contributed by atoms with van der Waals surface area (Å²) in [5, 5.41) is 0. The molecule has 2 N–H and O–H groups in total. The molecule has 0 radical (unpaired) electrons. The molecule has 0 fully saturated rings. The second-order valence-electron chi connectivity index (χ2n) is 3.95. The van der Waals surface area contributed by atoms with Gasteiger partial charge >= 0.3 is 0 Å². The molecule has 0 aliphatic heterocycles. The molecule has 0 aliphatic rings. The Bertz CT molecular complexity index is 479. The van der Waals surface area contributed by atoms with Crippen molar-refractivity contribution in [3.8, 4) is 0 Å². The van der Waals surface area contributed by atoms with Crippen LogP contribution in [0, 0.1) is 5.82 Å². The average Bonchev–Trinajstić information content (AvgIpc) is 2.29. The first-order valence-electron chi connectivity index (χ1n) is 5.31. The lowest BCUT2D eigenvalue weighted by molar-refractivity contribution is 0.628. The zero-order valence-corrected chi connectivity index (χ0v) is 9.60. The first kappa shape index (κ1) is 11.4. The van der Waals surface area contributed by atoms with Crippen molar-refractivity contribution in [2.24, 2.45) is 0 Å². The fraction of sp³-hybridized carbons (Fsp3) is 0.154. The SMILES string of the molecule is CN(Cc1ccncc1)c1cc(N)cc(F)c1. The van der Waals surface area contributed by atoms with Crippen LogP contribution >= 0.6 is 0 Å². The van der Waals surface area contributed by atoms with E-state index in [9.17, 15) is 4.39 Å². The molecule has 0 spiro atoms. The van der Waals surface area contributed by atoms with E-state index in [2.05, 4.69) is 4.98 Å². The molecule has 1 aromatic heterocycles. The van der Waals surface area contributed by atoms with Gasteiger partial charge in [-0.2, -0.15) is 0 Å². The van der Waals surface area contributed by atoms with Gasteiger partial charge in [0.15, 0.2) is 0 Å². The van der Waals surface area contributed by atoms with Crippen molar-refractivity contribution < 1.29 is 4.39 Å². The smallest absolute Gasteiger partial charge is 0.127 e. The Morgan fingerprint density at radius 3 is 2.59 bits per heavy atom. The summed E-state index contributed by atoms with van der Waals surface area (Å²) in [6, 6.07) is 8.39. The van der Waals surface area contributed by atoms with Gasteiger partial charge in [0, 0.05) is 37.4 Å². The maximum Gasteiger partial charge on any atom is 0.127 e. The maximum absolute atomic E-state index is 13.2. The molecule has 88 valence electrons. The maximum atomic E-state index is 13.2. The standard InChI is InChI=1S/C13H14FN3/c1-17(9-10-2-4-16-5-3-10)13-7-11(14)6-12(15)8-13/h2-8H,9,15H2,1H3. The van der Waals surface area contributed by atoms with E-state index >= 15 is 0 Å². The molecular formula is C13H14FN3. The molecule has 3 nitrogen and oxygen atoms in total. The first-order valence-corrected chi connectivity index (χ1v) is 5.31. The second-order valence-corrected chi connectivity index (χ2v) is 3.95. The van der Waals surface area contributed by atoms with Crippen molar-refractivity contribution >= 4 is 11.4 Å². The molecule has 17 heavy (non-hydrogen) atoms. The number of hydrogen-bond acceptors (Lipinski definition) is 3. The van der Waals surface area contributed by atoms with Crippen LogP contribution in [0.4, 0.5) is 15.8 Å². The van der Waals surface area contributed by atoms with Gasteiger partial charge in [0.05, 0.1) is 0 Å². The van der Waals surface area contributed by atoms with E-state index in [-0.39, 0.29) is 5.82 Å². The zero-order valence-electron chi connectivity index (χ0n) is 9.60. The van der Waals surface area contributed by atoms with Crippen molar-refractivity contribution in [1.82, 2.24) is 4.98 Å². The van der Waals surface area contributed by atoms with Gasteiger partial charge in [-0.1, -0.05) is 0 Å². The fourth-order valence-corrected chi connectivity index (χ4v) is 1.67. The number of rotatable bonds is 3. The molecule has 0 atom stereocenters. The van der Waals surface area contributed by atoms with Crippen molar-refractivity contribution in [2.75, 3.05) is 17.7 Å². The van der Waals surface area contributed by atoms with Crippen LogP contribution < -0.4 is 10.6 Å². The number of nitrogens with zero attached hydrogens (tertiary/aromatic N) is 2. The van der Waals surface area contributed by atoms with Crippen LogP contribution in [0.3, 0.4) is 0 Å². The lowest BCUT2D eigenvalue weighted by Crippen LogP contribution is -2.16. The molecule has 0 bridgehead atoms. The third-order valence-electron chi connectivity index (χ3n) is 2.51. The number of nitrogens with two attached hydrogens (primary N) is 1. The quantitative estimate of drug-likeness (QED) is 0.825. The summed E-state index contributed by atoms with van der Waals surface area (Å²) in [6.45, 7) is 0.686. The van der Waals surface area contributed by atoms with Gasteiger partial charge in [-0.3, -0.25) is 4.98 Å². The number of benzene rings is 1. The first-order chi connectivity index (χ1) is 8.15. The second kappa shape index (κ2) is 4.82. The minimum absolute atomic E-state index is 0.318. The van der Waals surface area contributed by atoms with Gasteiger partial charge in [0.25, 0.3) is 0 Å². The Balaban J connectivity index is 2.17. The number of hydrogen-bond donors (Lipinski definition) is 1. The van der Waals surface area contributed by atoms with Crippen LogP contribution in [0.15, 0.2) is 42.7 Å². The topological polar surface area (TPSA) is 42.2 Å². The summed E-state index contributed by atoms with van der Waals surface area (Å²) < 4.78 is 13.2. The van der Waals surface area contributed by atoms with Crippen molar-refractivity contribution in [3.05, 3.63) is 54.1 Å². The molecule has 0 saturated heterocycles. The normalized spacial score (nSPS) is 10.2. The molecule has 2 aromatic rings. The minimum Gasteiger partial charge on any atom is -0.399 e. The van der Waals surface area contributed by atoms with Crippen LogP contribution in [0.5, 0.6) is 0 Å². The molecule has 0 unspecified atom stereocenters. The van der Waals surface area contributed by atoms with Crippen LogP contribution in [-0.2, 0) is 6.54 Å². The van der Waals surface area contributed by atoms with Gasteiger partial charge in [-0.15, -0.1) is 0 Å². The highest BCUT2D eigenvalue weighted by atomic mass is 19.1. The Morgan fingerprint density at radius 2 is 1.94 bits per heavy atom. The van der Waals surface area contributed by atoms with Crippen LogP contribution in [0.25, 0.3) is 0 Å². The monoisotopic (exact) mass is 231 g/mol. The summed E-state index contributed by atoms with van der Waals surface area (Å²) in [4.78, 5) is 5.89. The summed E-state index contributed by atoms with van der Waals surface area (Å²) in [6.07, 6.45) is 3.48. The van der Waals surface area contributed by atoms with E-state index in [1.807, 2.05) is 24.1 Å². The molecular weight excluding hydrogens is 217 g/mol. The van der Waals surface area contributed by atoms with Gasteiger partial charge in [0.1, 0.15) is 5.82 Å². The Hall–Kier alpha value is -2.10. The fourth-order valence-electron chi connectivity index (χ4n) is 1.67. The Kier molecular flexibility index (Phi) is 3.23. The van der Waals surface area contributed by atoms with E-state index < -0.39 is 0 Å². The minimum atomic E-state index is -0.318. The third-order valence-corrected chi connectivity index (χ3v) is 2.51. The molecule has 0 saturated carbocycles. The summed E-state index contributed by atoms with van der Waals surface area (Å²) in [5.41, 5.74) is 7.93. The van der Waals surface area contributed by atoms with E-state index in [1.54, 1.807) is 18.5 Å². The van der Waals surface area contributed by atoms with Crippen molar-refractivity contribution in [3.63, 3.8) is 0 Å². The van der Waals surface area contributed by atoms with Gasteiger partial charge in [-0.05, 0) is 35.9 Å². The predicted molar refractivity (Wildman–Crippen MR) is 67.2 cm³/mol. The van der Waals surface area contributed by atoms with Crippen molar-refractivity contribution in [1.29, 1.82) is 0 Å².